The Labute approximate surface area is 75.9 Å². The molecule has 1 radical (unpaired) electrons. The molecule has 11 heavy (non-hydrogen) atoms. The first-order chi connectivity index (χ1) is 4.00. The Balaban J connectivity index is -0.000000107. The summed E-state index contributed by atoms with van der Waals surface area (Å²) >= 11 is 0. The Morgan fingerprint density at radius 1 is 0.818 bits per heavy atom. The van der Waals surface area contributed by atoms with Gasteiger partial charge in [-0.1, -0.05) is 0 Å². The summed E-state index contributed by atoms with van der Waals surface area (Å²) < 4.78 is 50.4. The van der Waals surface area contributed by atoms with Crippen molar-refractivity contribution in [2.24, 2.45) is 10.3 Å². The summed E-state index contributed by atoms with van der Waals surface area (Å²) in [5.74, 6) is 0. The van der Waals surface area contributed by atoms with Crippen LogP contribution in [0, 0.1) is 0 Å². The summed E-state index contributed by atoms with van der Waals surface area (Å²) in [6.45, 7) is 0. The molecule has 0 rings (SSSR count). The van der Waals surface area contributed by atoms with Crippen LogP contribution >= 0.6 is 0 Å². The van der Waals surface area contributed by atoms with Crippen molar-refractivity contribution >= 4 is 39.5 Å². The number of rotatable bonds is 0. The Hall–Kier alpha value is 0.337. The van der Waals surface area contributed by atoms with E-state index < -0.39 is 20.6 Å². The van der Waals surface area contributed by atoms with Crippen LogP contribution in [0.25, 0.3) is 0 Å². The number of nitrogens with two attached hydrogens (primary N) is 2. The van der Waals surface area contributed by atoms with Gasteiger partial charge in [0.25, 0.3) is 0 Å². The molecule has 11 heteroatoms. The normalized spacial score (nSPS) is 10.5. The average Bonchev–Trinajstić information content (AvgIpc) is 1.12. The maximum atomic E-state index is 8.97. The van der Waals surface area contributed by atoms with Gasteiger partial charge >= 0.3 is 20.6 Å². The summed E-state index contributed by atoms with van der Waals surface area (Å²) in [7, 11) is -8.33. The van der Waals surface area contributed by atoms with Crippen molar-refractivity contribution in [3.63, 3.8) is 0 Å². The molecule has 0 aliphatic heterocycles. The fourth-order valence-electron chi connectivity index (χ4n) is 0. The van der Waals surface area contributed by atoms with Gasteiger partial charge in [-0.05, 0) is 0 Å². The molecule has 0 saturated heterocycles. The molecule has 0 aromatic rings. The van der Waals surface area contributed by atoms with E-state index in [2.05, 4.69) is 10.3 Å². The predicted molar refractivity (Wildman–Crippen MR) is 37.2 cm³/mol. The zero-order valence-electron chi connectivity index (χ0n) is 5.50. The van der Waals surface area contributed by atoms with Crippen molar-refractivity contribution in [3.05, 3.63) is 0 Å². The smallest absolute Gasteiger partial charge is 0.274 e. The Morgan fingerprint density at radius 3 is 0.818 bits per heavy atom. The van der Waals surface area contributed by atoms with E-state index in [9.17, 15) is 0 Å². The molecule has 0 aromatic heterocycles. The summed E-state index contributed by atoms with van der Waals surface area (Å²) in [5.41, 5.74) is 0. The van der Waals surface area contributed by atoms with Gasteiger partial charge in [0.1, 0.15) is 0 Å². The van der Waals surface area contributed by atoms with Crippen molar-refractivity contribution in [2.75, 3.05) is 0 Å². The van der Waals surface area contributed by atoms with E-state index >= 15 is 0 Å². The maximum Gasteiger partial charge on any atom is 0.330 e. The first-order valence-corrected chi connectivity index (χ1v) is 4.51. The molecule has 0 bridgehead atoms. The first-order valence-electron chi connectivity index (χ1n) is 1.50. The van der Waals surface area contributed by atoms with Gasteiger partial charge in [0.15, 0.2) is 0 Å². The SMILES string of the molecule is NS(=O)(=O)O.NS(=O)(=O)O.[Li]. The standard InChI is InChI=1S/Li.2H3NO3S/c;2*1-5(2,3)4/h;2*(H3,1,2,3,4). The summed E-state index contributed by atoms with van der Waals surface area (Å²) in [6, 6.07) is 0. The van der Waals surface area contributed by atoms with Crippen molar-refractivity contribution in [1.82, 2.24) is 0 Å². The molecule has 0 saturated carbocycles. The molecule has 0 atom stereocenters. The van der Waals surface area contributed by atoms with Crippen LogP contribution in [-0.4, -0.2) is 44.8 Å². The van der Waals surface area contributed by atoms with Gasteiger partial charge in [-0.25, -0.2) is 10.3 Å². The number of hydrogen-bond donors (Lipinski definition) is 4. The Kier molecular flexibility index (Phi) is 9.38. The molecule has 8 nitrogen and oxygen atoms in total. The average molecular weight is 201 g/mol. The van der Waals surface area contributed by atoms with Crippen molar-refractivity contribution in [1.29, 1.82) is 0 Å². The van der Waals surface area contributed by atoms with Gasteiger partial charge in [-0.3, -0.25) is 9.11 Å². The van der Waals surface area contributed by atoms with E-state index in [-0.39, 0.29) is 18.9 Å². The molecular formula is H6LiN2O6S2. The van der Waals surface area contributed by atoms with Crippen LogP contribution in [0.4, 0.5) is 0 Å². The van der Waals surface area contributed by atoms with E-state index in [1.807, 2.05) is 0 Å². The second kappa shape index (κ2) is 5.92. The van der Waals surface area contributed by atoms with E-state index in [1.54, 1.807) is 0 Å². The molecule has 0 aliphatic carbocycles. The number of hydrogen-bond acceptors (Lipinski definition) is 4. The van der Waals surface area contributed by atoms with Gasteiger partial charge in [0.05, 0.1) is 0 Å². The third-order valence-electron chi connectivity index (χ3n) is 0. The summed E-state index contributed by atoms with van der Waals surface area (Å²) in [6.07, 6.45) is 0. The molecule has 0 amide bonds. The molecule has 65 valence electrons. The molecule has 0 unspecified atom stereocenters. The minimum atomic E-state index is -4.17. The molecule has 0 fully saturated rings. The minimum Gasteiger partial charge on any atom is -0.274 e. The van der Waals surface area contributed by atoms with E-state index in [1.165, 1.54) is 0 Å². The van der Waals surface area contributed by atoms with E-state index in [0.29, 0.717) is 0 Å². The van der Waals surface area contributed by atoms with Gasteiger partial charge < -0.3 is 0 Å². The molecular weight excluding hydrogens is 195 g/mol. The van der Waals surface area contributed by atoms with Crippen LogP contribution < -0.4 is 10.3 Å². The van der Waals surface area contributed by atoms with Crippen molar-refractivity contribution < 1.29 is 25.9 Å². The van der Waals surface area contributed by atoms with Crippen molar-refractivity contribution in [3.8, 4) is 0 Å². The van der Waals surface area contributed by atoms with Gasteiger partial charge in [0, 0.05) is 18.9 Å². The van der Waals surface area contributed by atoms with E-state index in [0.717, 1.165) is 0 Å². The third kappa shape index (κ3) is 6310. The Morgan fingerprint density at radius 2 is 0.818 bits per heavy atom. The van der Waals surface area contributed by atoms with Gasteiger partial charge in [0.2, 0.25) is 0 Å². The molecule has 0 spiro atoms. The molecule has 6 N–H and O–H groups in total. The minimum absolute atomic E-state index is 0. The van der Waals surface area contributed by atoms with Crippen LogP contribution in [0.15, 0.2) is 0 Å². The first kappa shape index (κ1) is 17.4. The third-order valence-corrected chi connectivity index (χ3v) is 0. The van der Waals surface area contributed by atoms with Crippen LogP contribution in [-0.2, 0) is 20.6 Å². The predicted octanol–water partition coefficient (Wildman–Crippen LogP) is -2.88. The summed E-state index contributed by atoms with van der Waals surface area (Å²) in [5, 5.41) is 7.76. The van der Waals surface area contributed by atoms with Crippen LogP contribution in [0.3, 0.4) is 0 Å². The van der Waals surface area contributed by atoms with Crippen LogP contribution in [0.2, 0.25) is 0 Å². The van der Waals surface area contributed by atoms with Gasteiger partial charge in [-0.2, -0.15) is 16.8 Å². The van der Waals surface area contributed by atoms with E-state index in [4.69, 9.17) is 25.9 Å². The quantitative estimate of drug-likeness (QED) is 0.243. The summed E-state index contributed by atoms with van der Waals surface area (Å²) in [4.78, 5) is 0. The van der Waals surface area contributed by atoms with Crippen LogP contribution in [0.5, 0.6) is 0 Å². The van der Waals surface area contributed by atoms with Crippen molar-refractivity contribution in [2.45, 2.75) is 0 Å². The van der Waals surface area contributed by atoms with Gasteiger partial charge in [-0.15, -0.1) is 0 Å². The zero-order chi connectivity index (χ0) is 9.00. The van der Waals surface area contributed by atoms with Crippen LogP contribution in [0.1, 0.15) is 0 Å². The fraction of sp³-hybridized carbons (Fsp3) is 0. The molecule has 0 aliphatic rings. The topological polar surface area (TPSA) is 161 Å². The molecule has 0 aromatic carbocycles. The largest absolute Gasteiger partial charge is 0.330 e. The fourth-order valence-corrected chi connectivity index (χ4v) is 0. The monoisotopic (exact) mass is 201 g/mol. The second-order valence-corrected chi connectivity index (χ2v) is 3.09. The Bertz CT molecular complexity index is 215. The molecule has 0 heterocycles. The maximum absolute atomic E-state index is 8.97. The zero-order valence-corrected chi connectivity index (χ0v) is 7.13. The second-order valence-electron chi connectivity index (χ2n) is 1.03.